The Morgan fingerprint density at radius 2 is 1.97 bits per heavy atom. The Bertz CT molecular complexity index is 1310. The van der Waals surface area contributed by atoms with E-state index in [1.807, 2.05) is 35.2 Å². The van der Waals surface area contributed by atoms with Crippen LogP contribution in [0.25, 0.3) is 11.1 Å². The number of rotatable bonds is 5. The summed E-state index contributed by atoms with van der Waals surface area (Å²) in [5.41, 5.74) is 4.17. The Morgan fingerprint density at radius 3 is 2.83 bits per heavy atom. The maximum atomic E-state index is 13.4. The molecule has 3 aliphatic rings. The van der Waals surface area contributed by atoms with Crippen LogP contribution in [0, 0.1) is 0 Å². The summed E-state index contributed by atoms with van der Waals surface area (Å²) in [6, 6.07) is 11.6. The molecule has 1 amide bonds. The molecule has 1 aromatic heterocycles. The number of fused-ring (bicyclic) bond motifs is 2. The van der Waals surface area contributed by atoms with E-state index in [-0.39, 0.29) is 5.91 Å². The molecule has 1 saturated heterocycles. The van der Waals surface area contributed by atoms with Crippen LogP contribution in [-0.2, 0) is 17.8 Å². The number of hydrogen-bond donors (Lipinski definition) is 1. The summed E-state index contributed by atoms with van der Waals surface area (Å²) >= 11 is 1.35. The van der Waals surface area contributed by atoms with Gasteiger partial charge in [-0.15, -0.1) is 11.3 Å². The van der Waals surface area contributed by atoms with Crippen molar-refractivity contribution >= 4 is 28.9 Å². The Kier molecular flexibility index (Phi) is 5.66. The number of carbonyl (C=O) groups excluding carboxylic acids is 1. The fourth-order valence-electron chi connectivity index (χ4n) is 5.22. The standard InChI is InChI=1S/C26H25N3O5S/c30-25(24-27-14-17(35-24)15-28-9-2-5-21(28)26(31)32)29-10-8-19-18(3-1-4-20(19)29)16-6-7-22-23(13-16)34-12-11-33-22/h1,3-4,6-7,13-14,21H,2,5,8-12,15H2,(H,31,32)/t21-/m0/s1. The van der Waals surface area contributed by atoms with E-state index < -0.39 is 12.0 Å². The summed E-state index contributed by atoms with van der Waals surface area (Å²) in [6.45, 7) is 2.95. The number of anilines is 1. The molecule has 0 unspecified atom stereocenters. The molecule has 3 aromatic rings. The van der Waals surface area contributed by atoms with Gasteiger partial charge in [0.1, 0.15) is 19.3 Å². The van der Waals surface area contributed by atoms with Gasteiger partial charge in [0, 0.05) is 29.9 Å². The zero-order valence-corrected chi connectivity index (χ0v) is 19.9. The molecule has 1 fully saturated rings. The zero-order chi connectivity index (χ0) is 23.9. The van der Waals surface area contributed by atoms with Crippen molar-refractivity contribution in [2.45, 2.75) is 31.8 Å². The van der Waals surface area contributed by atoms with Crippen LogP contribution in [0.1, 0.15) is 33.1 Å². The summed E-state index contributed by atoms with van der Waals surface area (Å²) in [6.07, 6.45) is 4.00. The number of ether oxygens (including phenoxy) is 2. The van der Waals surface area contributed by atoms with Gasteiger partial charge in [0.05, 0.1) is 0 Å². The maximum absolute atomic E-state index is 13.4. The summed E-state index contributed by atoms with van der Waals surface area (Å²) < 4.78 is 11.4. The second-order valence-corrected chi connectivity index (χ2v) is 10.1. The summed E-state index contributed by atoms with van der Waals surface area (Å²) in [5.74, 6) is 0.602. The Hall–Kier alpha value is -3.43. The molecule has 0 bridgehead atoms. The van der Waals surface area contributed by atoms with Gasteiger partial charge in [-0.2, -0.15) is 0 Å². The van der Waals surface area contributed by atoms with E-state index in [2.05, 4.69) is 11.1 Å². The minimum Gasteiger partial charge on any atom is -0.486 e. The summed E-state index contributed by atoms with van der Waals surface area (Å²) in [5, 5.41) is 9.86. The van der Waals surface area contributed by atoms with Crippen LogP contribution in [0.2, 0.25) is 0 Å². The third-order valence-electron chi connectivity index (χ3n) is 6.87. The number of carbonyl (C=O) groups is 2. The topological polar surface area (TPSA) is 92.2 Å². The summed E-state index contributed by atoms with van der Waals surface area (Å²) in [4.78, 5) is 33.9. The lowest BCUT2D eigenvalue weighted by molar-refractivity contribution is -0.142. The largest absolute Gasteiger partial charge is 0.486 e. The van der Waals surface area contributed by atoms with Crippen LogP contribution >= 0.6 is 11.3 Å². The summed E-state index contributed by atoms with van der Waals surface area (Å²) in [7, 11) is 0. The predicted molar refractivity (Wildman–Crippen MR) is 131 cm³/mol. The molecule has 1 N–H and O–H groups in total. The number of aromatic nitrogens is 1. The van der Waals surface area contributed by atoms with Gasteiger partial charge in [0.15, 0.2) is 16.5 Å². The highest BCUT2D eigenvalue weighted by atomic mass is 32.1. The molecule has 0 radical (unpaired) electrons. The first-order valence-electron chi connectivity index (χ1n) is 11.8. The van der Waals surface area contributed by atoms with Crippen molar-refractivity contribution in [3.63, 3.8) is 0 Å². The smallest absolute Gasteiger partial charge is 0.320 e. The lowest BCUT2D eigenvalue weighted by Crippen LogP contribution is -2.35. The van der Waals surface area contributed by atoms with E-state index in [0.717, 1.165) is 58.1 Å². The Morgan fingerprint density at radius 1 is 1.11 bits per heavy atom. The molecule has 0 saturated carbocycles. The van der Waals surface area contributed by atoms with Crippen LogP contribution in [-0.4, -0.2) is 59.2 Å². The van der Waals surface area contributed by atoms with Crippen molar-refractivity contribution in [2.24, 2.45) is 0 Å². The first-order chi connectivity index (χ1) is 17.1. The van der Waals surface area contributed by atoms with Crippen LogP contribution in [0.5, 0.6) is 11.5 Å². The van der Waals surface area contributed by atoms with E-state index in [1.54, 1.807) is 11.1 Å². The highest BCUT2D eigenvalue weighted by Crippen LogP contribution is 2.40. The van der Waals surface area contributed by atoms with E-state index in [0.29, 0.717) is 37.7 Å². The molecule has 1 atom stereocenters. The van der Waals surface area contributed by atoms with Crippen molar-refractivity contribution < 1.29 is 24.2 Å². The third kappa shape index (κ3) is 4.04. The minimum atomic E-state index is -0.786. The number of amides is 1. The van der Waals surface area contributed by atoms with Gasteiger partial charge in [-0.25, -0.2) is 4.98 Å². The number of hydrogen-bond acceptors (Lipinski definition) is 7. The Balaban J connectivity index is 1.23. The van der Waals surface area contributed by atoms with E-state index >= 15 is 0 Å². The number of benzene rings is 2. The van der Waals surface area contributed by atoms with Crippen molar-refractivity contribution in [2.75, 3.05) is 31.2 Å². The van der Waals surface area contributed by atoms with Gasteiger partial charge in [-0.1, -0.05) is 18.2 Å². The van der Waals surface area contributed by atoms with E-state index in [4.69, 9.17) is 9.47 Å². The lowest BCUT2D eigenvalue weighted by Gasteiger charge is -2.20. The molecule has 9 heteroatoms. The number of aliphatic carboxylic acids is 1. The fraction of sp³-hybridized carbons (Fsp3) is 0.346. The number of carboxylic acid groups (broad SMARTS) is 1. The number of nitrogens with zero attached hydrogens (tertiary/aromatic N) is 3. The second-order valence-electron chi connectivity index (χ2n) is 8.97. The molecule has 0 spiro atoms. The molecule has 6 rings (SSSR count). The van der Waals surface area contributed by atoms with Gasteiger partial charge in [-0.3, -0.25) is 14.5 Å². The molecular formula is C26H25N3O5S. The molecule has 180 valence electrons. The van der Waals surface area contributed by atoms with Crippen LogP contribution in [0.3, 0.4) is 0 Å². The number of likely N-dealkylation sites (tertiary alicyclic amines) is 1. The quantitative estimate of drug-likeness (QED) is 0.580. The molecule has 35 heavy (non-hydrogen) atoms. The van der Waals surface area contributed by atoms with Gasteiger partial charge in [0.25, 0.3) is 5.91 Å². The highest BCUT2D eigenvalue weighted by molar-refractivity contribution is 7.13. The molecule has 2 aromatic carbocycles. The van der Waals surface area contributed by atoms with Gasteiger partial charge in [0.2, 0.25) is 0 Å². The first-order valence-corrected chi connectivity index (χ1v) is 12.7. The molecule has 8 nitrogen and oxygen atoms in total. The molecule has 0 aliphatic carbocycles. The van der Waals surface area contributed by atoms with Crippen LogP contribution in [0.15, 0.2) is 42.6 Å². The average Bonchev–Trinajstić information content (AvgIpc) is 3.63. The van der Waals surface area contributed by atoms with Crippen molar-refractivity contribution in [1.29, 1.82) is 0 Å². The average molecular weight is 492 g/mol. The molecule has 4 heterocycles. The van der Waals surface area contributed by atoms with E-state index in [9.17, 15) is 14.7 Å². The molecular weight excluding hydrogens is 466 g/mol. The van der Waals surface area contributed by atoms with Crippen molar-refractivity contribution in [3.8, 4) is 22.6 Å². The maximum Gasteiger partial charge on any atom is 0.320 e. The predicted octanol–water partition coefficient (Wildman–Crippen LogP) is 3.83. The second kappa shape index (κ2) is 8.98. The number of thiazole rings is 1. The van der Waals surface area contributed by atoms with Gasteiger partial charge >= 0.3 is 5.97 Å². The zero-order valence-electron chi connectivity index (χ0n) is 19.1. The van der Waals surface area contributed by atoms with Gasteiger partial charge in [-0.05, 0) is 60.7 Å². The monoisotopic (exact) mass is 491 g/mol. The fourth-order valence-corrected chi connectivity index (χ4v) is 6.10. The highest BCUT2D eigenvalue weighted by Gasteiger charge is 2.32. The van der Waals surface area contributed by atoms with Crippen LogP contribution in [0.4, 0.5) is 5.69 Å². The Labute approximate surface area is 206 Å². The van der Waals surface area contributed by atoms with Crippen LogP contribution < -0.4 is 14.4 Å². The van der Waals surface area contributed by atoms with Crippen molar-refractivity contribution in [1.82, 2.24) is 9.88 Å². The van der Waals surface area contributed by atoms with Gasteiger partial charge < -0.3 is 19.5 Å². The van der Waals surface area contributed by atoms with Crippen molar-refractivity contribution in [3.05, 3.63) is 58.0 Å². The minimum absolute atomic E-state index is 0.115. The number of carboxylic acids is 1. The normalized spacial score (nSPS) is 19.1. The SMILES string of the molecule is O=C(O)[C@@H]1CCCN1Cc1cnc(C(=O)N2CCc3c(-c4ccc5c(c4)OCCO5)cccc32)s1. The molecule has 3 aliphatic heterocycles. The lowest BCUT2D eigenvalue weighted by atomic mass is 9.97. The first kappa shape index (κ1) is 22.1. The van der Waals surface area contributed by atoms with E-state index in [1.165, 1.54) is 11.3 Å². The third-order valence-corrected chi connectivity index (χ3v) is 7.84.